The first kappa shape index (κ1) is 19.4. The maximum Gasteiger partial charge on any atom is 0.306 e. The van der Waals surface area contributed by atoms with Crippen molar-refractivity contribution in [2.75, 3.05) is 6.54 Å². The van der Waals surface area contributed by atoms with Crippen molar-refractivity contribution in [1.29, 1.82) is 0 Å². The second-order valence-corrected chi connectivity index (χ2v) is 9.38. The van der Waals surface area contributed by atoms with Crippen molar-refractivity contribution < 1.29 is 23.3 Å². The van der Waals surface area contributed by atoms with E-state index in [1.165, 1.54) is 19.3 Å². The van der Waals surface area contributed by atoms with E-state index in [9.17, 15) is 9.59 Å². The number of furan rings is 1. The molecule has 30 heavy (non-hydrogen) atoms. The topological polar surface area (TPSA) is 94.6 Å². The van der Waals surface area contributed by atoms with E-state index in [0.29, 0.717) is 30.2 Å². The van der Waals surface area contributed by atoms with Crippen LogP contribution >= 0.6 is 0 Å². The van der Waals surface area contributed by atoms with Gasteiger partial charge in [-0.1, -0.05) is 5.16 Å². The van der Waals surface area contributed by atoms with Gasteiger partial charge in [0.1, 0.15) is 12.3 Å². The van der Waals surface area contributed by atoms with E-state index < -0.39 is 0 Å². The summed E-state index contributed by atoms with van der Waals surface area (Å²) in [5.41, 5.74) is 0.401. The number of nitrogens with one attached hydrogen (secondary N) is 1. The van der Waals surface area contributed by atoms with Crippen molar-refractivity contribution in [3.05, 3.63) is 30.2 Å². The van der Waals surface area contributed by atoms with Crippen LogP contribution in [0.1, 0.15) is 57.1 Å². The number of esters is 1. The Bertz CT molecular complexity index is 865. The van der Waals surface area contributed by atoms with Gasteiger partial charge in [0.05, 0.1) is 6.26 Å². The average molecular weight is 412 g/mol. The molecule has 0 unspecified atom stereocenters. The fourth-order valence-corrected chi connectivity index (χ4v) is 6.15. The molecule has 4 fully saturated rings. The molecule has 1 N–H and O–H groups in total. The Morgan fingerprint density at radius 2 is 1.87 bits per heavy atom. The molecular weight excluding hydrogens is 384 g/mol. The molecule has 0 aromatic carbocycles. The molecule has 6 rings (SSSR count). The smallest absolute Gasteiger partial charge is 0.306 e. The van der Waals surface area contributed by atoms with E-state index in [1.807, 2.05) is 0 Å². The van der Waals surface area contributed by atoms with Crippen molar-refractivity contribution in [2.45, 2.75) is 58.0 Å². The van der Waals surface area contributed by atoms with Gasteiger partial charge in [-0.05, 0) is 74.8 Å². The summed E-state index contributed by atoms with van der Waals surface area (Å²) in [4.78, 5) is 24.9. The van der Waals surface area contributed by atoms with E-state index in [-0.39, 0.29) is 30.3 Å². The predicted molar refractivity (Wildman–Crippen MR) is 107 cm³/mol. The SMILES string of the molecule is O=C(CCCNC(=O)C12CC3CC(CC(C3)C1)C2)OCc1cc(-c2ccco2)on1. The van der Waals surface area contributed by atoms with Crippen molar-refractivity contribution in [3.8, 4) is 11.5 Å². The second-order valence-electron chi connectivity index (χ2n) is 9.38. The third kappa shape index (κ3) is 3.89. The van der Waals surface area contributed by atoms with Gasteiger partial charge in [-0.25, -0.2) is 0 Å². The molecule has 2 aromatic rings. The van der Waals surface area contributed by atoms with Crippen LogP contribution < -0.4 is 5.32 Å². The fraction of sp³-hybridized carbons (Fsp3) is 0.609. The number of amides is 1. The highest BCUT2D eigenvalue weighted by Gasteiger charge is 2.54. The molecule has 7 nitrogen and oxygen atoms in total. The van der Waals surface area contributed by atoms with Crippen molar-refractivity contribution in [1.82, 2.24) is 10.5 Å². The summed E-state index contributed by atoms with van der Waals surface area (Å²) >= 11 is 0. The first-order valence-corrected chi connectivity index (χ1v) is 11.0. The van der Waals surface area contributed by atoms with Crippen LogP contribution in [0.15, 0.2) is 33.4 Å². The third-order valence-electron chi connectivity index (χ3n) is 7.07. The van der Waals surface area contributed by atoms with Crippen LogP contribution in [0.3, 0.4) is 0 Å². The number of ether oxygens (including phenoxy) is 1. The van der Waals surface area contributed by atoms with Gasteiger partial charge in [-0.3, -0.25) is 9.59 Å². The molecule has 4 bridgehead atoms. The minimum Gasteiger partial charge on any atom is -0.461 e. The Kier molecular flexibility index (Phi) is 5.13. The zero-order valence-corrected chi connectivity index (χ0v) is 17.1. The normalized spacial score (nSPS) is 29.1. The van der Waals surface area contributed by atoms with E-state index in [4.69, 9.17) is 13.7 Å². The molecule has 4 aliphatic rings. The molecule has 4 saturated carbocycles. The Morgan fingerprint density at radius 3 is 2.53 bits per heavy atom. The Balaban J connectivity index is 1.02. The van der Waals surface area contributed by atoms with Crippen molar-refractivity contribution >= 4 is 11.9 Å². The number of aromatic nitrogens is 1. The summed E-state index contributed by atoms with van der Waals surface area (Å²) in [5.74, 6) is 3.24. The molecule has 0 spiro atoms. The summed E-state index contributed by atoms with van der Waals surface area (Å²) in [5, 5.41) is 6.99. The van der Waals surface area contributed by atoms with Crippen LogP contribution in [0.25, 0.3) is 11.5 Å². The number of carbonyl (C=O) groups is 2. The molecule has 1 amide bonds. The van der Waals surface area contributed by atoms with Crippen LogP contribution in [0.5, 0.6) is 0 Å². The van der Waals surface area contributed by atoms with Gasteiger partial charge < -0.3 is 19.0 Å². The van der Waals surface area contributed by atoms with Gasteiger partial charge >= 0.3 is 5.97 Å². The molecule has 0 atom stereocenters. The van der Waals surface area contributed by atoms with Gasteiger partial charge in [0.25, 0.3) is 0 Å². The van der Waals surface area contributed by atoms with Crippen LogP contribution in [0, 0.1) is 23.2 Å². The molecule has 4 aliphatic carbocycles. The monoisotopic (exact) mass is 412 g/mol. The molecular formula is C23H28N2O5. The molecule has 2 heterocycles. The average Bonchev–Trinajstić information content (AvgIpc) is 3.40. The zero-order chi connectivity index (χ0) is 20.6. The van der Waals surface area contributed by atoms with E-state index in [2.05, 4.69) is 10.5 Å². The summed E-state index contributed by atoms with van der Waals surface area (Å²) in [6.07, 6.45) is 9.56. The van der Waals surface area contributed by atoms with Gasteiger partial charge in [0, 0.05) is 24.4 Å². The van der Waals surface area contributed by atoms with Crippen LogP contribution in [-0.2, 0) is 20.9 Å². The summed E-state index contributed by atoms with van der Waals surface area (Å²) in [6.45, 7) is 0.574. The zero-order valence-electron chi connectivity index (χ0n) is 17.1. The standard InChI is InChI=1S/C23H28N2O5/c26-21(29-14-18-10-20(30-25-18)19-3-2-6-28-19)4-1-5-24-22(27)23-11-15-7-16(12-23)9-17(8-15)13-23/h2-3,6,10,15-17H,1,4-5,7-9,11-14H2,(H,24,27). The molecule has 0 saturated heterocycles. The minimum absolute atomic E-state index is 0.0582. The van der Waals surface area contributed by atoms with Gasteiger partial charge in [0.2, 0.25) is 11.7 Å². The van der Waals surface area contributed by atoms with Gasteiger partial charge in [-0.2, -0.15) is 0 Å². The fourth-order valence-electron chi connectivity index (χ4n) is 6.15. The van der Waals surface area contributed by atoms with Gasteiger partial charge in [0.15, 0.2) is 5.76 Å². The lowest BCUT2D eigenvalue weighted by atomic mass is 9.49. The van der Waals surface area contributed by atoms with Crippen LogP contribution in [-0.4, -0.2) is 23.6 Å². The third-order valence-corrected chi connectivity index (χ3v) is 7.07. The summed E-state index contributed by atoms with van der Waals surface area (Å²) in [6, 6.07) is 5.23. The molecule has 160 valence electrons. The molecule has 0 aliphatic heterocycles. The lowest BCUT2D eigenvalue weighted by Crippen LogP contribution is -2.53. The molecule has 2 aromatic heterocycles. The van der Waals surface area contributed by atoms with Crippen LogP contribution in [0.2, 0.25) is 0 Å². The van der Waals surface area contributed by atoms with Crippen molar-refractivity contribution in [2.24, 2.45) is 23.2 Å². The Morgan fingerprint density at radius 1 is 1.13 bits per heavy atom. The lowest BCUT2D eigenvalue weighted by molar-refractivity contribution is -0.147. The van der Waals surface area contributed by atoms with Gasteiger partial charge in [-0.15, -0.1) is 0 Å². The Labute approximate surface area is 175 Å². The van der Waals surface area contributed by atoms with E-state index in [1.54, 1.807) is 24.5 Å². The quantitative estimate of drug-likeness (QED) is 0.518. The van der Waals surface area contributed by atoms with Crippen molar-refractivity contribution in [3.63, 3.8) is 0 Å². The number of hydrogen-bond acceptors (Lipinski definition) is 6. The largest absolute Gasteiger partial charge is 0.461 e. The Hall–Kier alpha value is -2.57. The number of rotatable bonds is 8. The first-order chi connectivity index (χ1) is 14.6. The molecule has 7 heteroatoms. The number of hydrogen-bond donors (Lipinski definition) is 1. The molecule has 0 radical (unpaired) electrons. The maximum absolute atomic E-state index is 12.9. The number of nitrogens with zero attached hydrogens (tertiary/aromatic N) is 1. The maximum atomic E-state index is 12.9. The summed E-state index contributed by atoms with van der Waals surface area (Å²) in [7, 11) is 0. The first-order valence-electron chi connectivity index (χ1n) is 11.0. The minimum atomic E-state index is -0.304. The summed E-state index contributed by atoms with van der Waals surface area (Å²) < 4.78 is 15.7. The highest BCUT2D eigenvalue weighted by atomic mass is 16.5. The van der Waals surface area contributed by atoms with E-state index >= 15 is 0 Å². The highest BCUT2D eigenvalue weighted by molar-refractivity contribution is 5.83. The van der Waals surface area contributed by atoms with Crippen LogP contribution in [0.4, 0.5) is 0 Å². The number of carbonyl (C=O) groups excluding carboxylic acids is 2. The second kappa shape index (κ2) is 7.93. The van der Waals surface area contributed by atoms with E-state index in [0.717, 1.165) is 37.0 Å². The lowest BCUT2D eigenvalue weighted by Gasteiger charge is -2.55. The highest BCUT2D eigenvalue weighted by Crippen LogP contribution is 2.60. The predicted octanol–water partition coefficient (Wildman–Crippen LogP) is 4.09.